The van der Waals surface area contributed by atoms with Gasteiger partial charge in [0.15, 0.2) is 0 Å². The molecule has 0 radical (unpaired) electrons. The van der Waals surface area contributed by atoms with Crippen LogP contribution < -0.4 is 14.4 Å². The van der Waals surface area contributed by atoms with Gasteiger partial charge in [-0.25, -0.2) is 0 Å². The van der Waals surface area contributed by atoms with Crippen molar-refractivity contribution < 1.29 is 24.2 Å². The largest absolute Gasteiger partial charge is 0.507 e. The molecule has 4 rings (SSSR count). The Morgan fingerprint density at radius 2 is 1.59 bits per heavy atom. The topological polar surface area (TPSA) is 76.1 Å². The molecule has 0 spiro atoms. The van der Waals surface area contributed by atoms with Gasteiger partial charge in [-0.05, 0) is 48.9 Å². The Hall–Kier alpha value is -4.06. The Balaban J connectivity index is 1.90. The molecule has 1 atom stereocenters. The van der Waals surface area contributed by atoms with Gasteiger partial charge in [0.25, 0.3) is 11.7 Å². The van der Waals surface area contributed by atoms with Gasteiger partial charge in [-0.3, -0.25) is 14.5 Å². The summed E-state index contributed by atoms with van der Waals surface area (Å²) in [6.07, 6.45) is 0. The fraction of sp³-hybridized carbons (Fsp3) is 0.154. The van der Waals surface area contributed by atoms with E-state index < -0.39 is 17.7 Å². The second-order valence-electron chi connectivity index (χ2n) is 7.21. The number of methoxy groups -OCH3 is 1. The van der Waals surface area contributed by atoms with Crippen LogP contribution in [-0.4, -0.2) is 30.5 Å². The number of nitrogens with zero attached hydrogens (tertiary/aromatic N) is 1. The molecule has 1 aliphatic rings. The minimum atomic E-state index is -0.793. The Morgan fingerprint density at radius 3 is 2.25 bits per heavy atom. The maximum atomic E-state index is 13.2. The molecular formula is C26H23NO5. The van der Waals surface area contributed by atoms with Crippen molar-refractivity contribution in [3.05, 3.63) is 95.6 Å². The van der Waals surface area contributed by atoms with E-state index in [1.165, 1.54) is 12.0 Å². The van der Waals surface area contributed by atoms with Crippen LogP contribution in [0.1, 0.15) is 24.1 Å². The van der Waals surface area contributed by atoms with Gasteiger partial charge in [0, 0.05) is 5.69 Å². The van der Waals surface area contributed by atoms with Crippen molar-refractivity contribution in [2.24, 2.45) is 0 Å². The summed E-state index contributed by atoms with van der Waals surface area (Å²) in [6, 6.07) is 22.2. The number of carbonyl (C=O) groups excluding carboxylic acids is 2. The number of carbonyl (C=O) groups is 2. The van der Waals surface area contributed by atoms with Crippen LogP contribution in [0.25, 0.3) is 5.76 Å². The highest BCUT2D eigenvalue weighted by atomic mass is 16.5. The third-order valence-corrected chi connectivity index (χ3v) is 5.35. The molecule has 32 heavy (non-hydrogen) atoms. The standard InChI is InChI=1S/C26H23NO5/c1-3-32-19-15-13-18(14-16-19)27-23(17-9-5-4-6-10-17)22(25(29)26(27)30)24(28)20-11-7-8-12-21(20)31-2/h4-16,23,28H,3H2,1-2H3/b24-22-. The van der Waals surface area contributed by atoms with Crippen LogP contribution in [0.2, 0.25) is 0 Å². The van der Waals surface area contributed by atoms with E-state index in [0.29, 0.717) is 34.9 Å². The quantitative estimate of drug-likeness (QED) is 0.349. The Bertz CT molecular complexity index is 1170. The van der Waals surface area contributed by atoms with Gasteiger partial charge < -0.3 is 14.6 Å². The molecule has 0 aliphatic carbocycles. The lowest BCUT2D eigenvalue weighted by Gasteiger charge is -2.25. The Morgan fingerprint density at radius 1 is 0.938 bits per heavy atom. The van der Waals surface area contributed by atoms with Crippen molar-refractivity contribution in [1.82, 2.24) is 0 Å². The smallest absolute Gasteiger partial charge is 0.300 e. The molecule has 162 valence electrons. The molecule has 0 aromatic heterocycles. The Labute approximate surface area is 186 Å². The highest BCUT2D eigenvalue weighted by Crippen LogP contribution is 2.43. The van der Waals surface area contributed by atoms with E-state index in [1.54, 1.807) is 48.5 Å². The number of aliphatic hydroxyl groups is 1. The van der Waals surface area contributed by atoms with Crippen LogP contribution in [0, 0.1) is 0 Å². The number of hydrogen-bond donors (Lipinski definition) is 1. The number of ether oxygens (including phenoxy) is 2. The molecule has 3 aromatic carbocycles. The summed E-state index contributed by atoms with van der Waals surface area (Å²) in [5.41, 5.74) is 1.60. The number of ketones is 1. The molecule has 1 unspecified atom stereocenters. The van der Waals surface area contributed by atoms with Crippen LogP contribution in [0.4, 0.5) is 5.69 Å². The lowest BCUT2D eigenvalue weighted by molar-refractivity contribution is -0.132. The van der Waals surface area contributed by atoms with Crippen LogP contribution in [-0.2, 0) is 9.59 Å². The summed E-state index contributed by atoms with van der Waals surface area (Å²) in [7, 11) is 1.49. The molecule has 1 amide bonds. The zero-order valence-corrected chi connectivity index (χ0v) is 17.8. The second-order valence-corrected chi connectivity index (χ2v) is 7.21. The van der Waals surface area contributed by atoms with Crippen LogP contribution in [0.3, 0.4) is 0 Å². The number of rotatable bonds is 6. The van der Waals surface area contributed by atoms with Gasteiger partial charge in [0.2, 0.25) is 0 Å². The zero-order chi connectivity index (χ0) is 22.7. The molecule has 1 fully saturated rings. The van der Waals surface area contributed by atoms with E-state index in [-0.39, 0.29) is 11.3 Å². The van der Waals surface area contributed by atoms with E-state index in [0.717, 1.165) is 0 Å². The van der Waals surface area contributed by atoms with E-state index in [4.69, 9.17) is 9.47 Å². The molecule has 6 nitrogen and oxygen atoms in total. The number of Topliss-reactive ketones (excluding diaryl/α,β-unsaturated/α-hetero) is 1. The van der Waals surface area contributed by atoms with E-state index >= 15 is 0 Å². The van der Waals surface area contributed by atoms with E-state index in [2.05, 4.69) is 0 Å². The fourth-order valence-corrected chi connectivity index (χ4v) is 3.90. The van der Waals surface area contributed by atoms with Crippen LogP contribution in [0.15, 0.2) is 84.4 Å². The average Bonchev–Trinajstić information content (AvgIpc) is 3.10. The van der Waals surface area contributed by atoms with Gasteiger partial charge in [0.05, 0.1) is 30.9 Å². The summed E-state index contributed by atoms with van der Waals surface area (Å²) in [4.78, 5) is 27.8. The van der Waals surface area contributed by atoms with Crippen LogP contribution in [0.5, 0.6) is 11.5 Å². The van der Waals surface area contributed by atoms with Gasteiger partial charge >= 0.3 is 0 Å². The molecule has 1 N–H and O–H groups in total. The van der Waals surface area contributed by atoms with Crippen molar-refractivity contribution in [3.8, 4) is 11.5 Å². The fourth-order valence-electron chi connectivity index (χ4n) is 3.90. The van der Waals surface area contributed by atoms with Gasteiger partial charge in [-0.2, -0.15) is 0 Å². The number of hydrogen-bond acceptors (Lipinski definition) is 5. The summed E-state index contributed by atoms with van der Waals surface area (Å²) >= 11 is 0. The first kappa shape index (κ1) is 21.2. The summed E-state index contributed by atoms with van der Waals surface area (Å²) in [5, 5.41) is 11.2. The summed E-state index contributed by atoms with van der Waals surface area (Å²) in [6.45, 7) is 2.41. The van der Waals surface area contributed by atoms with Crippen molar-refractivity contribution >= 4 is 23.1 Å². The molecule has 0 saturated carbocycles. The lowest BCUT2D eigenvalue weighted by atomic mass is 9.95. The average molecular weight is 429 g/mol. The van der Waals surface area contributed by atoms with Gasteiger partial charge in [-0.15, -0.1) is 0 Å². The maximum absolute atomic E-state index is 13.2. The molecule has 3 aromatic rings. The normalized spacial score (nSPS) is 17.4. The van der Waals surface area contributed by atoms with Gasteiger partial charge in [-0.1, -0.05) is 42.5 Å². The molecule has 1 heterocycles. The van der Waals surface area contributed by atoms with E-state index in [9.17, 15) is 14.7 Å². The molecule has 0 bridgehead atoms. The molecular weight excluding hydrogens is 406 g/mol. The molecule has 1 aliphatic heterocycles. The number of anilines is 1. The third kappa shape index (κ3) is 3.71. The molecule has 6 heteroatoms. The highest BCUT2D eigenvalue weighted by Gasteiger charge is 2.47. The van der Waals surface area contributed by atoms with Crippen molar-refractivity contribution in [3.63, 3.8) is 0 Å². The second kappa shape index (κ2) is 8.98. The van der Waals surface area contributed by atoms with E-state index in [1.807, 2.05) is 37.3 Å². The first-order valence-electron chi connectivity index (χ1n) is 10.3. The first-order valence-corrected chi connectivity index (χ1v) is 10.3. The third-order valence-electron chi connectivity index (χ3n) is 5.35. The minimum Gasteiger partial charge on any atom is -0.507 e. The SMILES string of the molecule is CCOc1ccc(N2C(=O)C(=O)/C(=C(\O)c3ccccc3OC)C2c2ccccc2)cc1. The van der Waals surface area contributed by atoms with Gasteiger partial charge in [0.1, 0.15) is 17.3 Å². The number of aliphatic hydroxyl groups excluding tert-OH is 1. The number of amides is 1. The summed E-state index contributed by atoms with van der Waals surface area (Å²) < 4.78 is 10.9. The number of para-hydroxylation sites is 1. The Kier molecular flexibility index (Phi) is 5.94. The van der Waals surface area contributed by atoms with Crippen LogP contribution >= 0.6 is 0 Å². The molecule has 1 saturated heterocycles. The predicted molar refractivity (Wildman–Crippen MR) is 122 cm³/mol. The maximum Gasteiger partial charge on any atom is 0.300 e. The highest BCUT2D eigenvalue weighted by molar-refractivity contribution is 6.51. The monoisotopic (exact) mass is 429 g/mol. The summed E-state index contributed by atoms with van der Waals surface area (Å²) in [5.74, 6) is -0.666. The van der Waals surface area contributed by atoms with Crippen molar-refractivity contribution in [2.75, 3.05) is 18.6 Å². The zero-order valence-electron chi connectivity index (χ0n) is 17.8. The predicted octanol–water partition coefficient (Wildman–Crippen LogP) is 4.72. The minimum absolute atomic E-state index is 0.0135. The number of benzene rings is 3. The lowest BCUT2D eigenvalue weighted by Crippen LogP contribution is -2.29. The van der Waals surface area contributed by atoms with Crippen molar-refractivity contribution in [1.29, 1.82) is 0 Å². The first-order chi connectivity index (χ1) is 15.6. The van der Waals surface area contributed by atoms with Crippen molar-refractivity contribution in [2.45, 2.75) is 13.0 Å².